The van der Waals surface area contributed by atoms with Gasteiger partial charge in [0.25, 0.3) is 10.0 Å². The Labute approximate surface area is 209 Å². The second-order valence-electron chi connectivity index (χ2n) is 9.86. The third kappa shape index (κ3) is 5.76. The third-order valence-electron chi connectivity index (χ3n) is 5.77. The van der Waals surface area contributed by atoms with E-state index in [1.165, 1.54) is 12.4 Å². The number of aryl methyl sites for hydroxylation is 1. The molecule has 1 unspecified atom stereocenters. The Kier molecular flexibility index (Phi) is 6.90. The standard InChI is InChI=1S/C24H30N6O5S/c1-15-5-9-18(10-6-15)36(33,34)30-12-11-19-21(30)25-14-20(27-19)28-29-22(31)16-7-8-17(13-16)26-23(32)35-24(2,3)4/h5-6,9-12,14,16-17H,7-8,13H2,1-4H3,(H,26,32)(H,27,28)(H,29,31)/t16-,17?/m1/s1. The monoisotopic (exact) mass is 514 g/mol. The van der Waals surface area contributed by atoms with Crippen LogP contribution < -0.4 is 16.2 Å². The lowest BCUT2D eigenvalue weighted by atomic mass is 10.1. The van der Waals surface area contributed by atoms with Gasteiger partial charge < -0.3 is 10.1 Å². The number of nitrogens with one attached hydrogen (secondary N) is 3. The second kappa shape index (κ2) is 9.76. The summed E-state index contributed by atoms with van der Waals surface area (Å²) in [5, 5.41) is 2.81. The number of amides is 2. The van der Waals surface area contributed by atoms with Crippen molar-refractivity contribution in [3.8, 4) is 0 Å². The van der Waals surface area contributed by atoms with Gasteiger partial charge in [0.05, 0.1) is 11.1 Å². The van der Waals surface area contributed by atoms with Crippen LogP contribution in [0.15, 0.2) is 47.6 Å². The predicted octanol–water partition coefficient (Wildman–Crippen LogP) is 3.11. The molecule has 0 aliphatic heterocycles. The van der Waals surface area contributed by atoms with Gasteiger partial charge in [-0.1, -0.05) is 17.7 Å². The number of nitrogens with zero attached hydrogens (tertiary/aromatic N) is 3. The van der Waals surface area contributed by atoms with Crippen LogP contribution in [0.1, 0.15) is 45.6 Å². The molecule has 11 nitrogen and oxygen atoms in total. The molecule has 2 atom stereocenters. The van der Waals surface area contributed by atoms with Crippen molar-refractivity contribution >= 4 is 39.0 Å². The van der Waals surface area contributed by atoms with E-state index in [-0.39, 0.29) is 34.2 Å². The maximum atomic E-state index is 13.0. The molecule has 2 aromatic heterocycles. The quantitative estimate of drug-likeness (QED) is 0.426. The summed E-state index contributed by atoms with van der Waals surface area (Å²) in [6.07, 6.45) is 4.05. The molecule has 3 aromatic rings. The van der Waals surface area contributed by atoms with Gasteiger partial charge in [-0.3, -0.25) is 15.6 Å². The van der Waals surface area contributed by atoms with E-state index < -0.39 is 21.7 Å². The number of hydrogen-bond acceptors (Lipinski definition) is 8. The fourth-order valence-corrected chi connectivity index (χ4v) is 5.31. The Hall–Kier alpha value is -3.67. The van der Waals surface area contributed by atoms with Crippen LogP contribution in [0.2, 0.25) is 0 Å². The fraction of sp³-hybridized carbons (Fsp3) is 0.417. The fourth-order valence-electron chi connectivity index (χ4n) is 4.02. The van der Waals surface area contributed by atoms with Crippen LogP contribution in [-0.2, 0) is 19.6 Å². The van der Waals surface area contributed by atoms with E-state index in [0.29, 0.717) is 24.8 Å². The number of hydrazine groups is 1. The summed E-state index contributed by atoms with van der Waals surface area (Å²) < 4.78 is 32.4. The first kappa shape index (κ1) is 25.4. The summed E-state index contributed by atoms with van der Waals surface area (Å²) in [5.41, 5.74) is 6.27. The average Bonchev–Trinajstić information content (AvgIpc) is 3.43. The Balaban J connectivity index is 1.36. The van der Waals surface area contributed by atoms with Crippen molar-refractivity contribution in [2.24, 2.45) is 5.92 Å². The van der Waals surface area contributed by atoms with Crippen LogP contribution in [0.25, 0.3) is 11.2 Å². The SMILES string of the molecule is Cc1ccc(S(=O)(=O)n2ccc3nc(NNC(=O)[C@@H]4CCC(NC(=O)OC(C)(C)C)C4)cnc32)cc1. The van der Waals surface area contributed by atoms with Crippen LogP contribution in [-0.4, -0.2) is 46.0 Å². The number of anilines is 1. The molecule has 0 spiro atoms. The van der Waals surface area contributed by atoms with E-state index in [1.807, 2.05) is 6.92 Å². The molecule has 12 heteroatoms. The number of carbonyl (C=O) groups is 2. The summed E-state index contributed by atoms with van der Waals surface area (Å²) in [4.78, 5) is 33.3. The van der Waals surface area contributed by atoms with Crippen molar-refractivity contribution in [2.75, 3.05) is 5.43 Å². The molecular formula is C24H30N6O5S. The van der Waals surface area contributed by atoms with E-state index in [1.54, 1.807) is 51.1 Å². The molecule has 192 valence electrons. The van der Waals surface area contributed by atoms with Crippen molar-refractivity contribution in [1.29, 1.82) is 0 Å². The number of alkyl carbamates (subject to hydrolysis) is 1. The summed E-state index contributed by atoms with van der Waals surface area (Å²) >= 11 is 0. The normalized spacial score (nSPS) is 18.1. The van der Waals surface area contributed by atoms with Crippen LogP contribution >= 0.6 is 0 Å². The van der Waals surface area contributed by atoms with E-state index >= 15 is 0 Å². The predicted molar refractivity (Wildman–Crippen MR) is 134 cm³/mol. The van der Waals surface area contributed by atoms with Crippen LogP contribution in [0, 0.1) is 12.8 Å². The minimum Gasteiger partial charge on any atom is -0.444 e. The summed E-state index contributed by atoms with van der Waals surface area (Å²) in [7, 11) is -3.83. The highest BCUT2D eigenvalue weighted by Gasteiger charge is 2.32. The van der Waals surface area contributed by atoms with Crippen molar-refractivity contribution in [1.82, 2.24) is 24.7 Å². The molecule has 1 saturated carbocycles. The zero-order valence-corrected chi connectivity index (χ0v) is 21.4. The Morgan fingerprint density at radius 2 is 1.83 bits per heavy atom. The zero-order valence-electron chi connectivity index (χ0n) is 20.6. The van der Waals surface area contributed by atoms with E-state index in [4.69, 9.17) is 4.74 Å². The van der Waals surface area contributed by atoms with Gasteiger partial charge in [0.15, 0.2) is 11.5 Å². The average molecular weight is 515 g/mol. The lowest BCUT2D eigenvalue weighted by Gasteiger charge is -2.21. The van der Waals surface area contributed by atoms with Gasteiger partial charge in [0.1, 0.15) is 11.1 Å². The Morgan fingerprint density at radius 3 is 2.53 bits per heavy atom. The number of carbonyl (C=O) groups excluding carboxylic acids is 2. The van der Waals surface area contributed by atoms with Crippen molar-refractivity contribution < 1.29 is 22.7 Å². The highest BCUT2D eigenvalue weighted by atomic mass is 32.2. The molecule has 3 N–H and O–H groups in total. The lowest BCUT2D eigenvalue weighted by Crippen LogP contribution is -2.39. The molecule has 1 aliphatic carbocycles. The highest BCUT2D eigenvalue weighted by molar-refractivity contribution is 7.90. The molecule has 36 heavy (non-hydrogen) atoms. The van der Waals surface area contributed by atoms with Gasteiger partial charge >= 0.3 is 6.09 Å². The molecule has 0 saturated heterocycles. The zero-order chi connectivity index (χ0) is 26.1. The smallest absolute Gasteiger partial charge is 0.407 e. The second-order valence-corrected chi connectivity index (χ2v) is 11.7. The molecule has 1 fully saturated rings. The van der Waals surface area contributed by atoms with Crippen LogP contribution in [0.5, 0.6) is 0 Å². The van der Waals surface area contributed by atoms with E-state index in [2.05, 4.69) is 26.1 Å². The lowest BCUT2D eigenvalue weighted by molar-refractivity contribution is -0.124. The van der Waals surface area contributed by atoms with Crippen molar-refractivity contribution in [3.63, 3.8) is 0 Å². The Morgan fingerprint density at radius 1 is 1.11 bits per heavy atom. The molecule has 1 aromatic carbocycles. The van der Waals surface area contributed by atoms with Gasteiger partial charge in [-0.05, 0) is 65.2 Å². The number of fused-ring (bicyclic) bond motifs is 1. The van der Waals surface area contributed by atoms with E-state index in [9.17, 15) is 18.0 Å². The molecule has 2 heterocycles. The molecule has 4 rings (SSSR count). The van der Waals surface area contributed by atoms with Gasteiger partial charge in [0.2, 0.25) is 5.91 Å². The summed E-state index contributed by atoms with van der Waals surface area (Å²) in [6.45, 7) is 7.26. The summed E-state index contributed by atoms with van der Waals surface area (Å²) in [5.74, 6) is -0.248. The van der Waals surface area contributed by atoms with Gasteiger partial charge in [0, 0.05) is 18.2 Å². The van der Waals surface area contributed by atoms with Gasteiger partial charge in [-0.15, -0.1) is 0 Å². The molecular weight excluding hydrogens is 484 g/mol. The van der Waals surface area contributed by atoms with Crippen LogP contribution in [0.3, 0.4) is 0 Å². The van der Waals surface area contributed by atoms with Crippen molar-refractivity contribution in [2.45, 2.75) is 63.5 Å². The molecule has 2 amide bonds. The maximum Gasteiger partial charge on any atom is 0.407 e. The van der Waals surface area contributed by atoms with Gasteiger partial charge in [-0.25, -0.2) is 27.2 Å². The topological polar surface area (TPSA) is 144 Å². The maximum absolute atomic E-state index is 13.0. The molecule has 0 bridgehead atoms. The summed E-state index contributed by atoms with van der Waals surface area (Å²) in [6, 6.07) is 7.97. The minimum atomic E-state index is -3.83. The number of rotatable bonds is 6. The van der Waals surface area contributed by atoms with E-state index in [0.717, 1.165) is 9.54 Å². The number of aromatic nitrogens is 3. The molecule has 1 aliphatic rings. The first-order valence-corrected chi connectivity index (χ1v) is 13.1. The third-order valence-corrected chi connectivity index (χ3v) is 7.45. The Bertz CT molecular complexity index is 1380. The minimum absolute atomic E-state index is 0.137. The number of benzene rings is 1. The largest absolute Gasteiger partial charge is 0.444 e. The number of ether oxygens (including phenoxy) is 1. The van der Waals surface area contributed by atoms with Crippen molar-refractivity contribution in [3.05, 3.63) is 48.3 Å². The first-order valence-electron chi connectivity index (χ1n) is 11.6. The van der Waals surface area contributed by atoms with Crippen LogP contribution in [0.4, 0.5) is 10.6 Å². The number of hydrogen-bond donors (Lipinski definition) is 3. The first-order chi connectivity index (χ1) is 16.9. The van der Waals surface area contributed by atoms with Gasteiger partial charge in [-0.2, -0.15) is 0 Å². The highest BCUT2D eigenvalue weighted by Crippen LogP contribution is 2.26. The molecule has 0 radical (unpaired) electrons.